The Morgan fingerprint density at radius 3 is 1.88 bits per heavy atom. The van der Waals surface area contributed by atoms with E-state index >= 15 is 0 Å². The van der Waals surface area contributed by atoms with Crippen molar-refractivity contribution in [3.63, 3.8) is 0 Å². The summed E-state index contributed by atoms with van der Waals surface area (Å²) in [6.07, 6.45) is 0. The highest BCUT2D eigenvalue weighted by Crippen LogP contribution is 2.56. The average molecular weight is 509 g/mol. The number of hydrogen-bond donors (Lipinski definition) is 0. The maximum atomic E-state index is 14.3. The zero-order valence-electron chi connectivity index (χ0n) is 17.6. The molecule has 0 N–H and O–H groups in total. The Balaban J connectivity index is 2.09. The molecule has 1 aliphatic rings. The number of hydrogen-bond acceptors (Lipinski definition) is 10. The monoisotopic (exact) mass is 509 g/mol. The molecular weight excluding hydrogens is 489 g/mol. The van der Waals surface area contributed by atoms with Crippen LogP contribution in [0.2, 0.25) is 0 Å². The van der Waals surface area contributed by atoms with Gasteiger partial charge >= 0.3 is 19.5 Å². The van der Waals surface area contributed by atoms with E-state index in [9.17, 15) is 18.9 Å². The number of carbonyl (C=O) groups is 3. The summed E-state index contributed by atoms with van der Waals surface area (Å²) in [5.41, 5.74) is -1.74. The van der Waals surface area contributed by atoms with Crippen LogP contribution in [0.1, 0.15) is 0 Å². The number of esters is 2. The van der Waals surface area contributed by atoms with E-state index in [-0.39, 0.29) is 27.5 Å². The quantitative estimate of drug-likeness (QED) is 0.365. The first kappa shape index (κ1) is 24.9. The van der Waals surface area contributed by atoms with Crippen molar-refractivity contribution in [2.75, 3.05) is 20.0 Å². The van der Waals surface area contributed by atoms with Gasteiger partial charge in [0, 0.05) is 0 Å². The molecule has 0 saturated carbocycles. The van der Waals surface area contributed by atoms with Gasteiger partial charge in [0.15, 0.2) is 0 Å². The molecule has 2 atom stereocenters. The van der Waals surface area contributed by atoms with E-state index in [1.54, 1.807) is 36.4 Å². The standard InChI is InChI=1S/C21H20NO8PS2/c1-27-19(24)17(18(20(25)28-2)33-21-22-16(23)13-32-21)31(26,29-14-9-5-3-6-10-14)30-15-11-7-4-8-12-15/h3-12,17-18H,13H2,1-2H3. The second-order valence-corrected chi connectivity index (χ2v) is 10.8. The molecule has 1 aliphatic heterocycles. The fourth-order valence-corrected chi connectivity index (χ4v) is 7.33. The molecule has 33 heavy (non-hydrogen) atoms. The molecule has 0 saturated heterocycles. The minimum Gasteiger partial charge on any atom is -0.468 e. The van der Waals surface area contributed by atoms with Gasteiger partial charge in [0.05, 0.1) is 20.0 Å². The molecule has 0 fully saturated rings. The molecule has 2 aromatic carbocycles. The van der Waals surface area contributed by atoms with Gasteiger partial charge in [0.1, 0.15) is 21.1 Å². The second kappa shape index (κ2) is 11.4. The van der Waals surface area contributed by atoms with E-state index in [1.807, 2.05) is 0 Å². The predicted molar refractivity (Wildman–Crippen MR) is 126 cm³/mol. The molecule has 12 heteroatoms. The lowest BCUT2D eigenvalue weighted by Crippen LogP contribution is -2.41. The van der Waals surface area contributed by atoms with Crippen molar-refractivity contribution in [1.82, 2.24) is 0 Å². The maximum absolute atomic E-state index is 14.3. The highest BCUT2D eigenvalue weighted by molar-refractivity contribution is 8.40. The van der Waals surface area contributed by atoms with E-state index in [0.717, 1.165) is 37.7 Å². The van der Waals surface area contributed by atoms with E-state index in [1.165, 1.54) is 24.3 Å². The fraction of sp³-hybridized carbons (Fsp3) is 0.238. The van der Waals surface area contributed by atoms with Gasteiger partial charge in [-0.05, 0) is 24.3 Å². The molecule has 174 valence electrons. The Morgan fingerprint density at radius 1 is 0.939 bits per heavy atom. The van der Waals surface area contributed by atoms with Crippen molar-refractivity contribution in [1.29, 1.82) is 0 Å². The van der Waals surface area contributed by atoms with E-state index in [4.69, 9.17) is 18.5 Å². The Bertz CT molecular complexity index is 1030. The molecule has 1 heterocycles. The van der Waals surface area contributed by atoms with Crippen LogP contribution in [0.25, 0.3) is 0 Å². The smallest absolute Gasteiger partial charge is 0.446 e. The third kappa shape index (κ3) is 6.40. The number of carbonyl (C=O) groups excluding carboxylic acids is 3. The van der Waals surface area contributed by atoms with Crippen LogP contribution in [0.15, 0.2) is 65.7 Å². The summed E-state index contributed by atoms with van der Waals surface area (Å²) in [7, 11) is -2.27. The van der Waals surface area contributed by atoms with Gasteiger partial charge in [-0.2, -0.15) is 4.99 Å². The van der Waals surface area contributed by atoms with Gasteiger partial charge in [-0.3, -0.25) is 14.4 Å². The minimum absolute atomic E-state index is 0.0950. The fourth-order valence-electron chi connectivity index (χ4n) is 2.74. The molecule has 9 nitrogen and oxygen atoms in total. The predicted octanol–water partition coefficient (Wildman–Crippen LogP) is 3.78. The van der Waals surface area contributed by atoms with Gasteiger partial charge in [-0.1, -0.05) is 59.9 Å². The van der Waals surface area contributed by atoms with Crippen LogP contribution in [0.3, 0.4) is 0 Å². The first-order valence-electron chi connectivity index (χ1n) is 9.52. The summed E-state index contributed by atoms with van der Waals surface area (Å²) in [5, 5.41) is -1.43. The number of para-hydroxylation sites is 2. The summed E-state index contributed by atoms with van der Waals surface area (Å²) in [6.45, 7) is 0. The molecule has 0 radical (unpaired) electrons. The zero-order chi connectivity index (χ0) is 23.8. The number of amides is 1. The maximum Gasteiger partial charge on any atom is 0.446 e. The molecule has 0 bridgehead atoms. The van der Waals surface area contributed by atoms with Crippen LogP contribution >= 0.6 is 31.1 Å². The largest absolute Gasteiger partial charge is 0.468 e. The third-order valence-corrected chi connectivity index (χ3v) is 8.92. The van der Waals surface area contributed by atoms with Crippen molar-refractivity contribution in [2.24, 2.45) is 4.99 Å². The number of benzene rings is 2. The van der Waals surface area contributed by atoms with Gasteiger partial charge in [0.2, 0.25) is 5.66 Å². The molecule has 0 aliphatic carbocycles. The third-order valence-electron chi connectivity index (χ3n) is 4.22. The van der Waals surface area contributed by atoms with Crippen LogP contribution in [0.4, 0.5) is 0 Å². The number of nitrogens with zero attached hydrogens (tertiary/aromatic N) is 1. The van der Waals surface area contributed by atoms with Gasteiger partial charge in [-0.15, -0.1) is 0 Å². The van der Waals surface area contributed by atoms with Crippen molar-refractivity contribution >= 4 is 53.3 Å². The van der Waals surface area contributed by atoms with E-state index in [2.05, 4.69) is 4.99 Å². The summed E-state index contributed by atoms with van der Waals surface area (Å²) in [5.74, 6) is -1.87. The van der Waals surface area contributed by atoms with Gasteiger partial charge in [-0.25, -0.2) is 4.57 Å². The molecule has 0 aromatic heterocycles. The average Bonchev–Trinajstić information content (AvgIpc) is 3.23. The van der Waals surface area contributed by atoms with Crippen molar-refractivity contribution in [3.05, 3.63) is 60.7 Å². The molecule has 0 spiro atoms. The number of aliphatic imine (C=N–C) groups is 1. The SMILES string of the molecule is COC(=O)C(SC1=NC(=O)CS1)C(C(=O)OC)P(=O)(Oc1ccccc1)Oc1ccccc1. The van der Waals surface area contributed by atoms with Crippen LogP contribution in [0, 0.1) is 0 Å². The van der Waals surface area contributed by atoms with Crippen molar-refractivity contribution in [2.45, 2.75) is 10.9 Å². The van der Waals surface area contributed by atoms with E-state index in [0.29, 0.717) is 0 Å². The molecule has 3 rings (SSSR count). The van der Waals surface area contributed by atoms with Crippen molar-refractivity contribution in [3.8, 4) is 11.5 Å². The van der Waals surface area contributed by atoms with Crippen LogP contribution in [0.5, 0.6) is 11.5 Å². The molecule has 2 aromatic rings. The molecule has 1 amide bonds. The lowest BCUT2D eigenvalue weighted by atomic mass is 10.3. The van der Waals surface area contributed by atoms with E-state index < -0.39 is 30.4 Å². The van der Waals surface area contributed by atoms with Crippen LogP contribution in [-0.4, -0.2) is 53.1 Å². The lowest BCUT2D eigenvalue weighted by Gasteiger charge is -2.29. The summed E-state index contributed by atoms with van der Waals surface area (Å²) >= 11 is 1.87. The second-order valence-electron chi connectivity index (χ2n) is 6.44. The van der Waals surface area contributed by atoms with Gasteiger partial charge in [0.25, 0.3) is 5.91 Å². The Labute approximate surface area is 198 Å². The van der Waals surface area contributed by atoms with Gasteiger partial charge < -0.3 is 18.5 Å². The number of thioether (sulfide) groups is 2. The lowest BCUT2D eigenvalue weighted by molar-refractivity contribution is -0.146. The molecular formula is C21H20NO8PS2. The molecule has 2 unspecified atom stereocenters. The Hall–Kier alpha value is -2.75. The highest BCUT2D eigenvalue weighted by Gasteiger charge is 2.54. The normalized spacial score (nSPS) is 15.2. The topological polar surface area (TPSA) is 118 Å². The summed E-state index contributed by atoms with van der Waals surface area (Å²) < 4.78 is 35.8. The van der Waals surface area contributed by atoms with Crippen LogP contribution in [-0.2, 0) is 28.4 Å². The number of ether oxygens (including phenoxy) is 2. The Morgan fingerprint density at radius 2 is 1.45 bits per heavy atom. The minimum atomic E-state index is -4.49. The number of rotatable bonds is 9. The first-order valence-corrected chi connectivity index (χ1v) is 13.0. The zero-order valence-corrected chi connectivity index (χ0v) is 20.1. The Kier molecular flexibility index (Phi) is 8.60. The summed E-state index contributed by atoms with van der Waals surface area (Å²) in [6, 6.07) is 16.2. The first-order chi connectivity index (χ1) is 15.9. The van der Waals surface area contributed by atoms with Crippen molar-refractivity contribution < 1.29 is 37.5 Å². The summed E-state index contributed by atoms with van der Waals surface area (Å²) in [4.78, 5) is 41.1. The van der Waals surface area contributed by atoms with Crippen LogP contribution < -0.4 is 9.05 Å². The number of methoxy groups -OCH3 is 2. The highest BCUT2D eigenvalue weighted by atomic mass is 32.2.